The predicted molar refractivity (Wildman–Crippen MR) is 87.0 cm³/mol. The van der Waals surface area contributed by atoms with Crippen LogP contribution in [0.25, 0.3) is 15.6 Å². The number of rotatable bonds is 5. The molecule has 0 bridgehead atoms. The van der Waals surface area contributed by atoms with E-state index in [0.717, 1.165) is 14.4 Å². The average molecular weight is 325 g/mol. The standard InChI is InChI=1S/C12H11N3O2S3/c1-2-15(6-18)11(17)7(5-16)3-8-4-9-10(19-8)14-12(13)20-9/h3-6H,2H2,1H3,(H2,13,14)/b7-3-. The molecule has 1 amide bonds. The van der Waals surface area contributed by atoms with Gasteiger partial charge in [0, 0.05) is 11.4 Å². The van der Waals surface area contributed by atoms with E-state index in [9.17, 15) is 9.59 Å². The first-order valence-electron chi connectivity index (χ1n) is 5.68. The number of carbonyl (C=O) groups is 2. The second kappa shape index (κ2) is 6.21. The fourth-order valence-electron chi connectivity index (χ4n) is 1.57. The van der Waals surface area contributed by atoms with Crippen molar-refractivity contribution in [1.29, 1.82) is 0 Å². The van der Waals surface area contributed by atoms with Gasteiger partial charge in [0.15, 0.2) is 11.4 Å². The Kier molecular flexibility index (Phi) is 4.58. The zero-order valence-electron chi connectivity index (χ0n) is 10.5. The van der Waals surface area contributed by atoms with Crippen molar-refractivity contribution in [3.8, 4) is 0 Å². The van der Waals surface area contributed by atoms with Crippen LogP contribution in [-0.4, -0.2) is 34.1 Å². The summed E-state index contributed by atoms with van der Waals surface area (Å²) in [5.41, 5.74) is 6.91. The summed E-state index contributed by atoms with van der Waals surface area (Å²) in [4.78, 5) is 30.2. The molecule has 2 aromatic heterocycles. The number of hydrogen-bond acceptors (Lipinski definition) is 7. The van der Waals surface area contributed by atoms with Crippen LogP contribution in [0, 0.1) is 0 Å². The highest BCUT2D eigenvalue weighted by molar-refractivity contribution is 7.78. The van der Waals surface area contributed by atoms with Gasteiger partial charge < -0.3 is 10.6 Å². The first-order chi connectivity index (χ1) is 9.58. The maximum absolute atomic E-state index is 12.0. The fraction of sp³-hybridized carbons (Fsp3) is 0.167. The van der Waals surface area contributed by atoms with E-state index in [-0.39, 0.29) is 5.57 Å². The molecule has 104 valence electrons. The number of fused-ring (bicyclic) bond motifs is 1. The van der Waals surface area contributed by atoms with Crippen molar-refractivity contribution >= 4 is 73.3 Å². The molecule has 0 saturated carbocycles. The highest BCUT2D eigenvalue weighted by Gasteiger charge is 2.15. The number of nitrogens with two attached hydrogens (primary N) is 1. The SMILES string of the molecule is CCN(C=S)C(=O)/C(C=O)=C\c1cc2sc(N)nc2s1. The van der Waals surface area contributed by atoms with Gasteiger partial charge in [-0.3, -0.25) is 9.59 Å². The van der Waals surface area contributed by atoms with Crippen molar-refractivity contribution in [3.63, 3.8) is 0 Å². The number of aldehydes is 1. The number of anilines is 1. The number of hydrogen-bond donors (Lipinski definition) is 1. The Morgan fingerprint density at radius 3 is 2.85 bits per heavy atom. The van der Waals surface area contributed by atoms with Crippen LogP contribution in [0.15, 0.2) is 11.6 Å². The zero-order chi connectivity index (χ0) is 14.7. The minimum absolute atomic E-state index is 0.0647. The molecule has 0 spiro atoms. The molecule has 2 N–H and O–H groups in total. The minimum atomic E-state index is -0.401. The second-order valence-electron chi connectivity index (χ2n) is 3.78. The summed E-state index contributed by atoms with van der Waals surface area (Å²) >= 11 is 7.51. The molecule has 0 saturated heterocycles. The van der Waals surface area contributed by atoms with Gasteiger partial charge in [0.05, 0.1) is 15.8 Å². The second-order valence-corrected chi connectivity index (χ2v) is 6.12. The van der Waals surface area contributed by atoms with E-state index in [4.69, 9.17) is 18.0 Å². The van der Waals surface area contributed by atoms with Crippen LogP contribution >= 0.6 is 34.9 Å². The Labute approximate surface area is 128 Å². The van der Waals surface area contributed by atoms with Gasteiger partial charge in [-0.15, -0.1) is 11.3 Å². The van der Waals surface area contributed by atoms with Crippen LogP contribution in [0.5, 0.6) is 0 Å². The first kappa shape index (κ1) is 14.8. The van der Waals surface area contributed by atoms with Crippen molar-refractivity contribution in [2.75, 3.05) is 12.3 Å². The van der Waals surface area contributed by atoms with Crippen molar-refractivity contribution in [3.05, 3.63) is 16.5 Å². The van der Waals surface area contributed by atoms with Crippen LogP contribution in [0.2, 0.25) is 0 Å². The highest BCUT2D eigenvalue weighted by Crippen LogP contribution is 2.32. The third-order valence-corrected chi connectivity index (χ3v) is 4.72. The Hall–Kier alpha value is -1.64. The number of nitrogens with zero attached hydrogens (tertiary/aromatic N) is 2. The van der Waals surface area contributed by atoms with Crippen molar-refractivity contribution in [2.45, 2.75) is 6.92 Å². The molecule has 0 unspecified atom stereocenters. The van der Waals surface area contributed by atoms with Crippen molar-refractivity contribution < 1.29 is 9.59 Å². The molecule has 8 heteroatoms. The Morgan fingerprint density at radius 2 is 2.30 bits per heavy atom. The number of thiazole rings is 1. The molecule has 0 radical (unpaired) electrons. The van der Waals surface area contributed by atoms with E-state index in [0.29, 0.717) is 18.0 Å². The number of amides is 1. The number of carbonyl (C=O) groups excluding carboxylic acids is 2. The lowest BCUT2D eigenvalue weighted by atomic mass is 10.2. The quantitative estimate of drug-likeness (QED) is 0.300. The Bertz CT molecular complexity index is 670. The Morgan fingerprint density at radius 1 is 1.55 bits per heavy atom. The van der Waals surface area contributed by atoms with Crippen LogP contribution < -0.4 is 5.73 Å². The molecule has 0 atom stereocenters. The molecule has 0 aliphatic carbocycles. The van der Waals surface area contributed by atoms with E-state index < -0.39 is 5.91 Å². The third-order valence-electron chi connectivity index (χ3n) is 2.53. The first-order valence-corrected chi connectivity index (χ1v) is 7.78. The van der Waals surface area contributed by atoms with Crippen LogP contribution in [0.4, 0.5) is 5.13 Å². The fourth-order valence-corrected chi connectivity index (χ4v) is 3.77. The summed E-state index contributed by atoms with van der Waals surface area (Å²) in [5.74, 6) is -0.401. The molecule has 5 nitrogen and oxygen atoms in total. The summed E-state index contributed by atoms with van der Waals surface area (Å²) in [5, 5.41) is 0.506. The molecule has 20 heavy (non-hydrogen) atoms. The van der Waals surface area contributed by atoms with E-state index >= 15 is 0 Å². The number of likely N-dealkylation sites (N-methyl/N-ethyl adjacent to an activating group) is 1. The van der Waals surface area contributed by atoms with Gasteiger partial charge in [0.2, 0.25) is 0 Å². The summed E-state index contributed by atoms with van der Waals surface area (Å²) in [6.45, 7) is 2.21. The van der Waals surface area contributed by atoms with Gasteiger partial charge in [-0.25, -0.2) is 4.98 Å². The lowest BCUT2D eigenvalue weighted by Crippen LogP contribution is -2.30. The largest absolute Gasteiger partial charge is 0.375 e. The Balaban J connectivity index is 2.34. The van der Waals surface area contributed by atoms with Gasteiger partial charge >= 0.3 is 0 Å². The lowest BCUT2D eigenvalue weighted by molar-refractivity contribution is -0.124. The molecule has 2 heterocycles. The molecule has 0 aliphatic rings. The van der Waals surface area contributed by atoms with E-state index in [1.807, 2.05) is 6.07 Å². The smallest absolute Gasteiger partial charge is 0.261 e. The van der Waals surface area contributed by atoms with Gasteiger partial charge in [-0.1, -0.05) is 23.6 Å². The molecular weight excluding hydrogens is 314 g/mol. The third kappa shape index (κ3) is 2.92. The molecular formula is C12H11N3O2S3. The van der Waals surface area contributed by atoms with Gasteiger partial charge in [0.1, 0.15) is 4.83 Å². The van der Waals surface area contributed by atoms with Gasteiger partial charge in [-0.05, 0) is 19.1 Å². The predicted octanol–water partition coefficient (Wildman–Crippen LogP) is 2.33. The highest BCUT2D eigenvalue weighted by atomic mass is 32.1. The van der Waals surface area contributed by atoms with Crippen molar-refractivity contribution in [1.82, 2.24) is 9.88 Å². The summed E-state index contributed by atoms with van der Waals surface area (Å²) in [7, 11) is 0. The maximum atomic E-state index is 12.0. The van der Waals surface area contributed by atoms with E-state index in [1.165, 1.54) is 33.1 Å². The number of thiocarbonyl (C=S) groups is 1. The summed E-state index contributed by atoms with van der Waals surface area (Å²) in [6.07, 6.45) is 2.09. The van der Waals surface area contributed by atoms with Gasteiger partial charge in [-0.2, -0.15) is 0 Å². The summed E-state index contributed by atoms with van der Waals surface area (Å²) in [6, 6.07) is 1.86. The normalized spacial score (nSPS) is 11.6. The number of nitrogen functional groups attached to an aromatic ring is 1. The topological polar surface area (TPSA) is 76.3 Å². The van der Waals surface area contributed by atoms with Crippen LogP contribution in [0.3, 0.4) is 0 Å². The van der Waals surface area contributed by atoms with Crippen LogP contribution in [-0.2, 0) is 9.59 Å². The number of thiophene rings is 1. The minimum Gasteiger partial charge on any atom is -0.375 e. The number of aromatic nitrogens is 1. The summed E-state index contributed by atoms with van der Waals surface area (Å²) < 4.78 is 0.943. The molecule has 2 rings (SSSR count). The zero-order valence-corrected chi connectivity index (χ0v) is 13.0. The molecule has 0 aromatic carbocycles. The molecule has 0 fully saturated rings. The van der Waals surface area contributed by atoms with Crippen LogP contribution in [0.1, 0.15) is 11.8 Å². The van der Waals surface area contributed by atoms with E-state index in [1.54, 1.807) is 13.0 Å². The van der Waals surface area contributed by atoms with E-state index in [2.05, 4.69) is 4.98 Å². The maximum Gasteiger partial charge on any atom is 0.261 e. The molecule has 0 aliphatic heterocycles. The van der Waals surface area contributed by atoms with Crippen molar-refractivity contribution in [2.24, 2.45) is 0 Å². The lowest BCUT2D eigenvalue weighted by Gasteiger charge is -2.13. The monoisotopic (exact) mass is 325 g/mol. The average Bonchev–Trinajstić information content (AvgIpc) is 2.93. The molecule has 2 aromatic rings. The van der Waals surface area contributed by atoms with Gasteiger partial charge in [0.25, 0.3) is 5.91 Å².